The lowest BCUT2D eigenvalue weighted by Crippen LogP contribution is -2.24. The van der Waals surface area contributed by atoms with Crippen molar-refractivity contribution in [1.82, 2.24) is 4.98 Å². The van der Waals surface area contributed by atoms with Crippen LogP contribution in [0, 0.1) is 0 Å². The molecule has 31 heavy (non-hydrogen) atoms. The minimum absolute atomic E-state index is 0.0943. The third-order valence-electron chi connectivity index (χ3n) is 4.35. The summed E-state index contributed by atoms with van der Waals surface area (Å²) in [7, 11) is 1.49. The van der Waals surface area contributed by atoms with Crippen LogP contribution in [0.5, 0.6) is 11.5 Å². The van der Waals surface area contributed by atoms with Crippen LogP contribution in [0.1, 0.15) is 31.1 Å². The number of carboxylic acids is 2. The molecule has 0 spiro atoms. The van der Waals surface area contributed by atoms with Crippen LogP contribution < -0.4 is 20.8 Å². The van der Waals surface area contributed by atoms with Crippen LogP contribution in [-0.2, 0) is 0 Å². The first-order valence-corrected chi connectivity index (χ1v) is 8.72. The van der Waals surface area contributed by atoms with Gasteiger partial charge in [-0.15, -0.1) is 0 Å². The Kier molecular flexibility index (Phi) is 5.73. The van der Waals surface area contributed by atoms with Crippen LogP contribution in [0.15, 0.2) is 53.3 Å². The number of rotatable bonds is 6. The van der Waals surface area contributed by atoms with Crippen molar-refractivity contribution in [2.45, 2.75) is 0 Å². The summed E-state index contributed by atoms with van der Waals surface area (Å²) in [4.78, 5) is 49.6. The van der Waals surface area contributed by atoms with E-state index in [1.807, 2.05) is 4.98 Å². The average molecular weight is 424 g/mol. The van der Waals surface area contributed by atoms with Gasteiger partial charge >= 0.3 is 17.9 Å². The summed E-state index contributed by atoms with van der Waals surface area (Å²) < 4.78 is 10.3. The van der Waals surface area contributed by atoms with Gasteiger partial charge in [0.15, 0.2) is 0 Å². The first-order chi connectivity index (χ1) is 14.7. The maximum absolute atomic E-state index is 12.3. The number of carbonyl (C=O) groups excluding carboxylic acids is 1. The van der Waals surface area contributed by atoms with Gasteiger partial charge in [-0.2, -0.15) is 0 Å². The highest BCUT2D eigenvalue weighted by atomic mass is 16.5. The number of nitrogen functional groups attached to an aromatic ring is 1. The number of aromatic nitrogens is 1. The van der Waals surface area contributed by atoms with Gasteiger partial charge in [-0.1, -0.05) is 12.1 Å². The van der Waals surface area contributed by atoms with Crippen LogP contribution in [-0.4, -0.2) is 40.2 Å². The van der Waals surface area contributed by atoms with Gasteiger partial charge in [-0.05, 0) is 42.0 Å². The number of methoxy groups -OCH3 is 1. The summed E-state index contributed by atoms with van der Waals surface area (Å²) in [6.07, 6.45) is 0. The zero-order chi connectivity index (χ0) is 22.7. The Balaban J connectivity index is 1.98. The van der Waals surface area contributed by atoms with E-state index in [1.54, 1.807) is 12.1 Å². The minimum atomic E-state index is -1.62. The van der Waals surface area contributed by atoms with E-state index in [-0.39, 0.29) is 22.4 Å². The Labute approximate surface area is 174 Å². The highest BCUT2D eigenvalue weighted by molar-refractivity contribution is 6.07. The fourth-order valence-electron chi connectivity index (χ4n) is 2.92. The molecule has 0 aliphatic heterocycles. The van der Waals surface area contributed by atoms with Gasteiger partial charge in [-0.3, -0.25) is 4.79 Å². The highest BCUT2D eigenvalue weighted by Crippen LogP contribution is 2.30. The van der Waals surface area contributed by atoms with Crippen LogP contribution in [0.25, 0.3) is 11.1 Å². The number of esters is 1. The van der Waals surface area contributed by atoms with E-state index in [9.17, 15) is 29.4 Å². The monoisotopic (exact) mass is 424 g/mol. The highest BCUT2D eigenvalue weighted by Gasteiger charge is 2.26. The summed E-state index contributed by atoms with van der Waals surface area (Å²) in [5.41, 5.74) is 3.25. The number of pyridine rings is 1. The summed E-state index contributed by atoms with van der Waals surface area (Å²) in [6.45, 7) is 0. The van der Waals surface area contributed by atoms with E-state index in [0.717, 1.165) is 0 Å². The topological polar surface area (TPSA) is 169 Å². The Hall–Kier alpha value is -4.60. The van der Waals surface area contributed by atoms with Crippen molar-refractivity contribution in [1.29, 1.82) is 0 Å². The molecule has 0 bridgehead atoms. The molecule has 3 rings (SSSR count). The van der Waals surface area contributed by atoms with Crippen molar-refractivity contribution in [3.8, 4) is 22.6 Å². The maximum atomic E-state index is 12.3. The number of carbonyl (C=O) groups is 3. The second-order valence-electron chi connectivity index (χ2n) is 6.25. The molecule has 0 saturated heterocycles. The predicted octanol–water partition coefficient (Wildman–Crippen LogP) is 2.25. The molecule has 0 aliphatic carbocycles. The van der Waals surface area contributed by atoms with Gasteiger partial charge < -0.3 is 30.4 Å². The molecule has 0 atom stereocenters. The van der Waals surface area contributed by atoms with Gasteiger partial charge in [0, 0.05) is 5.56 Å². The average Bonchev–Trinajstić information content (AvgIpc) is 2.73. The van der Waals surface area contributed by atoms with Crippen molar-refractivity contribution in [2.24, 2.45) is 0 Å². The lowest BCUT2D eigenvalue weighted by Gasteiger charge is -2.12. The zero-order valence-electron chi connectivity index (χ0n) is 16.0. The molecule has 0 amide bonds. The summed E-state index contributed by atoms with van der Waals surface area (Å²) in [6, 6.07) is 11.6. The van der Waals surface area contributed by atoms with Gasteiger partial charge in [-0.25, -0.2) is 14.4 Å². The zero-order valence-corrected chi connectivity index (χ0v) is 16.0. The summed E-state index contributed by atoms with van der Waals surface area (Å²) in [5, 5.41) is 18.9. The van der Waals surface area contributed by atoms with E-state index in [0.29, 0.717) is 5.75 Å². The predicted molar refractivity (Wildman–Crippen MR) is 109 cm³/mol. The number of hydrogen-bond donors (Lipinski definition) is 4. The third kappa shape index (κ3) is 4.22. The van der Waals surface area contributed by atoms with Crippen molar-refractivity contribution in [2.75, 3.05) is 12.8 Å². The van der Waals surface area contributed by atoms with Crippen molar-refractivity contribution in [3.05, 3.63) is 75.6 Å². The largest absolute Gasteiger partial charge is 0.497 e. The van der Waals surface area contributed by atoms with Crippen LogP contribution >= 0.6 is 0 Å². The van der Waals surface area contributed by atoms with E-state index in [4.69, 9.17) is 15.2 Å². The molecule has 0 saturated carbocycles. The van der Waals surface area contributed by atoms with Gasteiger partial charge in [0.05, 0.1) is 12.7 Å². The molecular weight excluding hydrogens is 408 g/mol. The molecule has 0 fully saturated rings. The number of aromatic amines is 1. The quantitative estimate of drug-likeness (QED) is 0.342. The summed E-state index contributed by atoms with van der Waals surface area (Å²) >= 11 is 0. The Bertz CT molecular complexity index is 1230. The molecule has 2 aromatic carbocycles. The molecule has 1 aromatic heterocycles. The first kappa shape index (κ1) is 21.1. The molecule has 10 heteroatoms. The van der Waals surface area contributed by atoms with E-state index < -0.39 is 40.4 Å². The Morgan fingerprint density at radius 1 is 0.871 bits per heavy atom. The second-order valence-corrected chi connectivity index (χ2v) is 6.25. The van der Waals surface area contributed by atoms with Crippen molar-refractivity contribution in [3.63, 3.8) is 0 Å². The Morgan fingerprint density at radius 2 is 1.42 bits per heavy atom. The number of anilines is 1. The van der Waals surface area contributed by atoms with Crippen molar-refractivity contribution >= 4 is 23.7 Å². The fraction of sp³-hybridized carbons (Fsp3) is 0.0476. The minimum Gasteiger partial charge on any atom is -0.497 e. The SMILES string of the molecule is COc1ccc(C(=O)Oc2ccc(-c3c(C(=O)O)c(N)[nH]c(=O)c3C(=O)O)cc2)cc1. The maximum Gasteiger partial charge on any atom is 0.343 e. The number of carboxylic acid groups (broad SMARTS) is 2. The van der Waals surface area contributed by atoms with Gasteiger partial charge in [0.25, 0.3) is 5.56 Å². The van der Waals surface area contributed by atoms with Gasteiger partial charge in [0.2, 0.25) is 0 Å². The number of benzene rings is 2. The fourth-order valence-corrected chi connectivity index (χ4v) is 2.92. The van der Waals surface area contributed by atoms with Crippen LogP contribution in [0.2, 0.25) is 0 Å². The number of ether oxygens (including phenoxy) is 2. The molecule has 158 valence electrons. The standard InChI is InChI=1S/C21H16N2O8/c1-30-12-6-4-11(5-7-12)21(29)31-13-8-2-10(3-9-13)14-15(19(25)26)17(22)23-18(24)16(14)20(27)28/h2-9H,1H3,(H,25,26)(H,27,28)(H3,22,23,24). The number of nitrogens with two attached hydrogens (primary N) is 1. The van der Waals surface area contributed by atoms with Crippen LogP contribution in [0.4, 0.5) is 5.82 Å². The van der Waals surface area contributed by atoms with E-state index >= 15 is 0 Å². The molecule has 0 unspecified atom stereocenters. The lowest BCUT2D eigenvalue weighted by molar-refractivity contribution is 0.0693. The molecule has 1 heterocycles. The number of hydrogen-bond acceptors (Lipinski definition) is 7. The number of H-pyrrole nitrogens is 1. The smallest absolute Gasteiger partial charge is 0.343 e. The lowest BCUT2D eigenvalue weighted by atomic mass is 9.95. The molecule has 5 N–H and O–H groups in total. The first-order valence-electron chi connectivity index (χ1n) is 8.72. The van der Waals surface area contributed by atoms with Crippen LogP contribution in [0.3, 0.4) is 0 Å². The van der Waals surface area contributed by atoms with Crippen molar-refractivity contribution < 1.29 is 34.1 Å². The molecule has 0 aliphatic rings. The Morgan fingerprint density at radius 3 is 1.94 bits per heavy atom. The number of aromatic carboxylic acids is 2. The summed E-state index contributed by atoms with van der Waals surface area (Å²) in [5.74, 6) is -3.56. The number of nitrogens with one attached hydrogen (secondary N) is 1. The van der Waals surface area contributed by atoms with E-state index in [1.165, 1.54) is 43.5 Å². The normalized spacial score (nSPS) is 10.4. The molecule has 0 radical (unpaired) electrons. The molecular formula is C21H16N2O8. The van der Waals surface area contributed by atoms with E-state index in [2.05, 4.69) is 0 Å². The molecule has 3 aromatic rings. The third-order valence-corrected chi connectivity index (χ3v) is 4.35. The van der Waals surface area contributed by atoms with Gasteiger partial charge in [0.1, 0.15) is 28.4 Å². The molecule has 10 nitrogen and oxygen atoms in total. The second kappa shape index (κ2) is 8.41.